The Hall–Kier alpha value is -3.50. The molecule has 1 aliphatic rings. The molecule has 180 valence electrons. The average Bonchev–Trinajstić information content (AvgIpc) is 3.11. The fraction of sp³-hybridized carbons (Fsp3) is 0.348. The minimum absolute atomic E-state index is 0.0295. The van der Waals surface area contributed by atoms with E-state index in [-0.39, 0.29) is 40.9 Å². The Morgan fingerprint density at radius 3 is 2.71 bits per heavy atom. The minimum Gasteiger partial charge on any atom is -0.430 e. The predicted octanol–water partition coefficient (Wildman–Crippen LogP) is 2.81. The first-order valence-electron chi connectivity index (χ1n) is 10.6. The Morgan fingerprint density at radius 1 is 1.32 bits per heavy atom. The molecule has 0 saturated carbocycles. The van der Waals surface area contributed by atoms with Crippen LogP contribution in [0.3, 0.4) is 0 Å². The molecule has 2 aromatic rings. The van der Waals surface area contributed by atoms with E-state index in [4.69, 9.17) is 26.8 Å². The zero-order valence-electron chi connectivity index (χ0n) is 18.9. The molecule has 1 aromatic heterocycles. The van der Waals surface area contributed by atoms with Crippen molar-refractivity contribution in [3.05, 3.63) is 57.5 Å². The van der Waals surface area contributed by atoms with Crippen molar-refractivity contribution in [1.82, 2.24) is 4.57 Å². The third kappa shape index (κ3) is 5.52. The van der Waals surface area contributed by atoms with E-state index < -0.39 is 35.7 Å². The molecule has 34 heavy (non-hydrogen) atoms. The van der Waals surface area contributed by atoms with Crippen molar-refractivity contribution >= 4 is 46.5 Å². The number of nitrogens with one attached hydrogen (secondary N) is 1. The number of esters is 1. The number of benzene rings is 1. The van der Waals surface area contributed by atoms with E-state index in [2.05, 4.69) is 10.3 Å². The van der Waals surface area contributed by atoms with Gasteiger partial charge in [0.15, 0.2) is 0 Å². The zero-order valence-corrected chi connectivity index (χ0v) is 19.7. The molecule has 3 rings (SSSR count). The first kappa shape index (κ1) is 25.1. The quantitative estimate of drug-likeness (QED) is 0.450. The summed E-state index contributed by atoms with van der Waals surface area (Å²) in [6, 6.07) is 6.34. The molecule has 0 radical (unpaired) electrons. The highest BCUT2D eigenvalue weighted by atomic mass is 35.5. The summed E-state index contributed by atoms with van der Waals surface area (Å²) in [5, 5.41) is 2.76. The van der Waals surface area contributed by atoms with Crippen LogP contribution in [0.2, 0.25) is 5.02 Å². The van der Waals surface area contributed by atoms with Crippen LogP contribution in [-0.2, 0) is 19.1 Å². The third-order valence-electron chi connectivity index (χ3n) is 5.08. The number of halogens is 1. The molecule has 1 fully saturated rings. The van der Waals surface area contributed by atoms with Gasteiger partial charge in [0.2, 0.25) is 6.29 Å². The van der Waals surface area contributed by atoms with E-state index in [1.807, 2.05) is 0 Å². The molecule has 0 aliphatic carbocycles. The van der Waals surface area contributed by atoms with E-state index in [1.165, 1.54) is 41.1 Å². The van der Waals surface area contributed by atoms with Crippen LogP contribution in [0.4, 0.5) is 11.4 Å². The van der Waals surface area contributed by atoms with Crippen molar-refractivity contribution in [1.29, 1.82) is 0 Å². The van der Waals surface area contributed by atoms with Crippen molar-refractivity contribution in [3.8, 4) is 0 Å². The van der Waals surface area contributed by atoms with Gasteiger partial charge >= 0.3 is 5.97 Å². The smallest absolute Gasteiger partial charge is 0.314 e. The van der Waals surface area contributed by atoms with Crippen LogP contribution in [0.25, 0.3) is 0 Å². The number of aromatic nitrogens is 1. The van der Waals surface area contributed by atoms with Gasteiger partial charge in [-0.1, -0.05) is 25.4 Å². The predicted molar refractivity (Wildman–Crippen MR) is 127 cm³/mol. The Morgan fingerprint density at radius 2 is 2.06 bits per heavy atom. The van der Waals surface area contributed by atoms with E-state index >= 15 is 0 Å². The standard InChI is InChI=1S/C23H25ClN4O6/c1-4-33-23-17(11-18(29)34-23)27-21(31)19(12(2)3)28-9-5-6-16(22(28)32)26-20(30)13-7-8-15(25)14(24)10-13/h5-10,12,19,23H,4,11,25H2,1-3H3,(H,26,30)/t19?,23-/m0/s1. The highest BCUT2D eigenvalue weighted by Gasteiger charge is 2.34. The molecule has 2 amide bonds. The Labute approximate surface area is 200 Å². The van der Waals surface area contributed by atoms with Gasteiger partial charge in [-0.2, -0.15) is 0 Å². The fourth-order valence-electron chi connectivity index (χ4n) is 3.45. The van der Waals surface area contributed by atoms with Crippen LogP contribution < -0.4 is 16.6 Å². The normalized spacial score (nSPS) is 17.6. The monoisotopic (exact) mass is 488 g/mol. The second-order valence-electron chi connectivity index (χ2n) is 7.91. The molecule has 1 aliphatic heterocycles. The van der Waals surface area contributed by atoms with E-state index in [0.29, 0.717) is 5.69 Å². The van der Waals surface area contributed by atoms with Crippen LogP contribution in [0.5, 0.6) is 0 Å². The molecular weight excluding hydrogens is 464 g/mol. The fourth-order valence-corrected chi connectivity index (χ4v) is 3.63. The lowest BCUT2D eigenvalue weighted by molar-refractivity contribution is -0.156. The summed E-state index contributed by atoms with van der Waals surface area (Å²) in [5.41, 5.74) is 5.74. The SMILES string of the molecule is CCO[C@H]1OC(=O)CC1=NC(=O)C(C(C)C)n1cccc(NC(=O)c2ccc(N)c(Cl)c2)c1=O. The second-order valence-corrected chi connectivity index (χ2v) is 8.32. The number of carbonyl (C=O) groups is 3. The number of nitrogens with two attached hydrogens (primary N) is 1. The molecule has 0 bridgehead atoms. The van der Waals surface area contributed by atoms with Crippen LogP contribution >= 0.6 is 11.6 Å². The number of nitrogens with zero attached hydrogens (tertiary/aromatic N) is 2. The van der Waals surface area contributed by atoms with Crippen molar-refractivity contribution in [2.24, 2.45) is 10.9 Å². The van der Waals surface area contributed by atoms with Crippen LogP contribution in [-0.4, -0.2) is 41.0 Å². The van der Waals surface area contributed by atoms with Gasteiger partial charge in [-0.25, -0.2) is 4.99 Å². The van der Waals surface area contributed by atoms with Crippen molar-refractivity contribution in [3.63, 3.8) is 0 Å². The van der Waals surface area contributed by atoms with E-state index in [0.717, 1.165) is 0 Å². The lowest BCUT2D eigenvalue weighted by Crippen LogP contribution is -2.34. The van der Waals surface area contributed by atoms with Gasteiger partial charge in [0.25, 0.3) is 17.4 Å². The molecular formula is C23H25ClN4O6. The van der Waals surface area contributed by atoms with Gasteiger partial charge < -0.3 is 25.1 Å². The van der Waals surface area contributed by atoms with Crippen LogP contribution in [0.15, 0.2) is 46.3 Å². The number of nitrogen functional groups attached to an aromatic ring is 1. The maximum Gasteiger partial charge on any atom is 0.314 e. The number of amides is 2. The van der Waals surface area contributed by atoms with Gasteiger partial charge in [0.1, 0.15) is 17.4 Å². The Kier molecular flexibility index (Phi) is 7.85. The van der Waals surface area contributed by atoms with Gasteiger partial charge in [-0.05, 0) is 43.2 Å². The summed E-state index contributed by atoms with van der Waals surface area (Å²) in [6.45, 7) is 5.50. The summed E-state index contributed by atoms with van der Waals surface area (Å²) in [4.78, 5) is 54.6. The van der Waals surface area contributed by atoms with Gasteiger partial charge in [-0.15, -0.1) is 0 Å². The average molecular weight is 489 g/mol. The number of anilines is 2. The Balaban J connectivity index is 1.90. The van der Waals surface area contributed by atoms with Crippen LogP contribution in [0, 0.1) is 5.92 Å². The van der Waals surface area contributed by atoms with Crippen molar-refractivity contribution in [2.45, 2.75) is 39.5 Å². The summed E-state index contributed by atoms with van der Waals surface area (Å²) in [5.74, 6) is -2.08. The number of ether oxygens (including phenoxy) is 2. The number of hydrogen-bond donors (Lipinski definition) is 2. The zero-order chi connectivity index (χ0) is 25.0. The first-order chi connectivity index (χ1) is 16.1. The van der Waals surface area contributed by atoms with Gasteiger partial charge in [-0.3, -0.25) is 19.2 Å². The molecule has 0 spiro atoms. The van der Waals surface area contributed by atoms with Crippen molar-refractivity contribution in [2.75, 3.05) is 17.7 Å². The molecule has 2 heterocycles. The van der Waals surface area contributed by atoms with Gasteiger partial charge in [0, 0.05) is 18.4 Å². The third-order valence-corrected chi connectivity index (χ3v) is 5.40. The molecule has 2 atom stereocenters. The van der Waals surface area contributed by atoms with Crippen LogP contribution in [0.1, 0.15) is 43.6 Å². The van der Waals surface area contributed by atoms with Crippen molar-refractivity contribution < 1.29 is 23.9 Å². The maximum atomic E-state index is 13.2. The lowest BCUT2D eigenvalue weighted by Gasteiger charge is -2.21. The minimum atomic E-state index is -1.02. The number of aliphatic imine (C=N–C) groups is 1. The largest absolute Gasteiger partial charge is 0.430 e. The number of cyclic esters (lactones) is 1. The highest BCUT2D eigenvalue weighted by molar-refractivity contribution is 6.33. The van der Waals surface area contributed by atoms with E-state index in [1.54, 1.807) is 20.8 Å². The molecule has 11 heteroatoms. The summed E-state index contributed by atoms with van der Waals surface area (Å²) in [7, 11) is 0. The number of hydrogen-bond acceptors (Lipinski definition) is 7. The molecule has 3 N–H and O–H groups in total. The Bertz CT molecular complexity index is 1210. The summed E-state index contributed by atoms with van der Waals surface area (Å²) >= 11 is 5.98. The summed E-state index contributed by atoms with van der Waals surface area (Å²) < 4.78 is 11.6. The molecule has 10 nitrogen and oxygen atoms in total. The highest BCUT2D eigenvalue weighted by Crippen LogP contribution is 2.22. The molecule has 1 saturated heterocycles. The summed E-state index contributed by atoms with van der Waals surface area (Å²) in [6.07, 6.45) is 0.247. The molecule has 1 aromatic carbocycles. The number of rotatable bonds is 7. The van der Waals surface area contributed by atoms with E-state index in [9.17, 15) is 19.2 Å². The first-order valence-corrected chi connectivity index (χ1v) is 11.0. The topological polar surface area (TPSA) is 142 Å². The lowest BCUT2D eigenvalue weighted by atomic mass is 10.0. The molecule has 1 unspecified atom stereocenters. The number of pyridine rings is 1. The number of carbonyl (C=O) groups excluding carboxylic acids is 3. The van der Waals surface area contributed by atoms with Gasteiger partial charge in [0.05, 0.1) is 17.1 Å². The second kappa shape index (κ2) is 10.6. The maximum absolute atomic E-state index is 13.2.